The number of hydrogen-bond acceptors (Lipinski definition) is 5. The van der Waals surface area contributed by atoms with Gasteiger partial charge in [0.15, 0.2) is 5.79 Å². The van der Waals surface area contributed by atoms with E-state index in [0.29, 0.717) is 24.7 Å². The minimum absolute atomic E-state index is 0.0162. The van der Waals surface area contributed by atoms with E-state index in [1.807, 2.05) is 6.08 Å². The van der Waals surface area contributed by atoms with Gasteiger partial charge in [0, 0.05) is 42.8 Å². The smallest absolute Gasteiger partial charge is 0.185 e. The number of fused-ring (bicyclic) bond motifs is 6. The second-order valence-corrected chi connectivity index (χ2v) is 17.1. The minimum Gasteiger partial charge on any atom is -0.396 e. The van der Waals surface area contributed by atoms with Gasteiger partial charge in [-0.25, -0.2) is 0 Å². The van der Waals surface area contributed by atoms with Gasteiger partial charge in [0.2, 0.25) is 0 Å². The van der Waals surface area contributed by atoms with Crippen LogP contribution in [0.15, 0.2) is 72.8 Å². The molecule has 7 bridgehead atoms. The summed E-state index contributed by atoms with van der Waals surface area (Å²) in [6.07, 6.45) is 13.6. The molecule has 0 aromatic heterocycles. The summed E-state index contributed by atoms with van der Waals surface area (Å²) in [4.78, 5) is 15.0. The number of rotatable bonds is 2. The van der Waals surface area contributed by atoms with Gasteiger partial charge in [0.25, 0.3) is 0 Å². The highest BCUT2D eigenvalue weighted by molar-refractivity contribution is 5.90. The van der Waals surface area contributed by atoms with Crippen molar-refractivity contribution in [1.82, 2.24) is 0 Å². The highest BCUT2D eigenvalue weighted by atomic mass is 16.6. The molecule has 4 fully saturated rings. The van der Waals surface area contributed by atoms with Crippen molar-refractivity contribution in [3.63, 3.8) is 0 Å². The Bertz CT molecular complexity index is 1920. The largest absolute Gasteiger partial charge is 0.396 e. The zero-order valence-corrected chi connectivity index (χ0v) is 29.0. The average molecular weight is 659 g/mol. The summed E-state index contributed by atoms with van der Waals surface area (Å²) in [5.41, 5.74) is 4.75. The number of Topliss-reactive ketones (excluding diaryl/α,β-unsaturated/α-hetero) is 1. The zero-order chi connectivity index (χ0) is 34.0. The fourth-order valence-corrected chi connectivity index (χ4v) is 12.9. The molecule has 5 nitrogen and oxygen atoms in total. The van der Waals surface area contributed by atoms with Gasteiger partial charge < -0.3 is 20.1 Å². The Labute approximate surface area is 290 Å². The lowest BCUT2D eigenvalue weighted by molar-refractivity contribution is -0.254. The summed E-state index contributed by atoms with van der Waals surface area (Å²) >= 11 is 0. The van der Waals surface area contributed by atoms with Crippen LogP contribution >= 0.6 is 0 Å². The number of ketones is 1. The fraction of sp³-hybridized carbons (Fsp3) is 0.523. The van der Waals surface area contributed by atoms with Crippen LogP contribution in [0.25, 0.3) is 16.8 Å². The van der Waals surface area contributed by atoms with E-state index in [9.17, 15) is 20.1 Å². The van der Waals surface area contributed by atoms with Gasteiger partial charge in [0.05, 0.1) is 11.5 Å². The first-order valence-corrected chi connectivity index (χ1v) is 18.7. The third-order valence-electron chi connectivity index (χ3n) is 15.1. The lowest BCUT2D eigenvalue weighted by Crippen LogP contribution is -2.56. The molecule has 0 aliphatic heterocycles. The first kappa shape index (κ1) is 31.9. The number of benzene rings is 3. The molecule has 3 aromatic rings. The van der Waals surface area contributed by atoms with E-state index < -0.39 is 28.6 Å². The zero-order valence-electron chi connectivity index (χ0n) is 29.0. The van der Waals surface area contributed by atoms with E-state index in [4.69, 9.17) is 4.74 Å². The van der Waals surface area contributed by atoms with Crippen molar-refractivity contribution in [2.24, 2.45) is 28.1 Å². The van der Waals surface area contributed by atoms with Gasteiger partial charge in [-0.1, -0.05) is 92.6 Å². The lowest BCUT2D eigenvalue weighted by atomic mass is 9.55. The Balaban J connectivity index is 1.27. The molecule has 0 radical (unpaired) electrons. The van der Waals surface area contributed by atoms with Crippen molar-refractivity contribution in [2.75, 3.05) is 13.7 Å². The molecule has 0 heterocycles. The van der Waals surface area contributed by atoms with Gasteiger partial charge in [-0.05, 0) is 107 Å². The molecule has 9 rings (SSSR count). The maximum atomic E-state index is 15.0. The van der Waals surface area contributed by atoms with Crippen molar-refractivity contribution in [1.29, 1.82) is 0 Å². The standard InChI is InChI=1S/C44H50O5/c1-27-38-33(25-45)24-43(44(38,48)49-3)37(47)14-10-28-7-6-8-34(20-28)42(18-17-41(26-42)15-4-5-16-41)39-35-22-32-19-29(23-40(27,43)2)9-11-30(32)21-31(35)12-13-36(39)46/h6-9,11-13,19-22,33,36,38-39,45-46,48H,1,4-5,10,14-18,23-26H2,2-3H3/t33-,36+,38+,39-,40-,42+,43-,44+/m1/s1. The minimum atomic E-state index is -1.74. The molecule has 8 atom stereocenters. The molecule has 0 amide bonds. The molecule has 3 spiro atoms. The Morgan fingerprint density at radius 2 is 1.76 bits per heavy atom. The van der Waals surface area contributed by atoms with E-state index in [1.54, 1.807) is 0 Å². The van der Waals surface area contributed by atoms with Crippen LogP contribution < -0.4 is 0 Å². The van der Waals surface area contributed by atoms with Crippen LogP contribution in [0.1, 0.15) is 98.4 Å². The molecular weight excluding hydrogens is 608 g/mol. The quantitative estimate of drug-likeness (QED) is 0.195. The van der Waals surface area contributed by atoms with Crippen molar-refractivity contribution in [3.8, 4) is 0 Å². The maximum Gasteiger partial charge on any atom is 0.185 e. The summed E-state index contributed by atoms with van der Waals surface area (Å²) in [5, 5.41) is 37.3. The number of carbonyl (C=O) groups excluding carboxylic acids is 1. The van der Waals surface area contributed by atoms with Crippen molar-refractivity contribution in [3.05, 3.63) is 101 Å². The summed E-state index contributed by atoms with van der Waals surface area (Å²) < 4.78 is 6.01. The number of methoxy groups -OCH3 is 1. The van der Waals surface area contributed by atoms with Gasteiger partial charge >= 0.3 is 0 Å². The molecule has 6 aliphatic rings. The highest BCUT2D eigenvalue weighted by Crippen LogP contribution is 2.74. The first-order valence-electron chi connectivity index (χ1n) is 18.7. The summed E-state index contributed by atoms with van der Waals surface area (Å²) in [6.45, 7) is 6.51. The molecule has 49 heavy (non-hydrogen) atoms. The summed E-state index contributed by atoms with van der Waals surface area (Å²) in [7, 11) is 1.50. The van der Waals surface area contributed by atoms with Crippen LogP contribution in [0.2, 0.25) is 0 Å². The SMILES string of the molecule is C=C1[C@H]2[C@@H](CO)C[C@]3(C(=O)CCc4cccc(c4)[C@@]4(CCC5(CCCC5)C4)[C@@H]4c5cc6cc(ccc6cc5C=C[C@@H]4O)C[C@]13C)[C@@]2(O)OC. The molecule has 3 aromatic carbocycles. The Kier molecular flexibility index (Phi) is 6.96. The van der Waals surface area contributed by atoms with Gasteiger partial charge in [-0.15, -0.1) is 0 Å². The number of carbonyl (C=O) groups is 1. The van der Waals surface area contributed by atoms with Crippen LogP contribution in [0.5, 0.6) is 0 Å². The normalized spacial score (nSPS) is 38.9. The van der Waals surface area contributed by atoms with E-state index >= 15 is 0 Å². The van der Waals surface area contributed by atoms with Crippen LogP contribution in [0, 0.1) is 28.1 Å². The van der Waals surface area contributed by atoms with Crippen molar-refractivity contribution < 1.29 is 24.9 Å². The van der Waals surface area contributed by atoms with Crippen LogP contribution in [0.3, 0.4) is 0 Å². The first-order chi connectivity index (χ1) is 23.5. The van der Waals surface area contributed by atoms with Crippen LogP contribution in [-0.4, -0.2) is 46.7 Å². The number of aryl methyl sites for hydroxylation is 1. The van der Waals surface area contributed by atoms with Crippen LogP contribution in [-0.2, 0) is 27.8 Å². The number of aliphatic hydroxyl groups is 3. The number of hydrogen-bond donors (Lipinski definition) is 3. The highest BCUT2D eigenvalue weighted by Gasteiger charge is 2.80. The monoisotopic (exact) mass is 658 g/mol. The molecule has 5 heteroatoms. The number of ether oxygens (including phenoxy) is 1. The summed E-state index contributed by atoms with van der Waals surface area (Å²) in [5.74, 6) is -2.66. The van der Waals surface area contributed by atoms with Gasteiger partial charge in [0.1, 0.15) is 5.78 Å². The van der Waals surface area contributed by atoms with Gasteiger partial charge in [-0.2, -0.15) is 0 Å². The summed E-state index contributed by atoms with van der Waals surface area (Å²) in [6, 6.07) is 20.1. The molecular formula is C44H50O5. The van der Waals surface area contributed by atoms with Crippen LogP contribution in [0.4, 0.5) is 0 Å². The van der Waals surface area contributed by atoms with Crippen molar-refractivity contribution >= 4 is 22.6 Å². The van der Waals surface area contributed by atoms with Gasteiger partial charge in [-0.3, -0.25) is 4.79 Å². The third-order valence-corrected chi connectivity index (χ3v) is 15.1. The topological polar surface area (TPSA) is 87.0 Å². The van der Waals surface area contributed by atoms with Crippen molar-refractivity contribution in [2.45, 2.75) is 101 Å². The van der Waals surface area contributed by atoms with E-state index in [-0.39, 0.29) is 36.1 Å². The molecule has 0 saturated heterocycles. The molecule has 6 aliphatic carbocycles. The Morgan fingerprint density at radius 1 is 0.939 bits per heavy atom. The van der Waals surface area contributed by atoms with E-state index in [2.05, 4.69) is 74.2 Å². The maximum absolute atomic E-state index is 15.0. The molecule has 4 saturated carbocycles. The predicted molar refractivity (Wildman–Crippen MR) is 192 cm³/mol. The second kappa shape index (κ2) is 10.7. The molecule has 3 N–H and O–H groups in total. The van der Waals surface area contributed by atoms with E-state index in [0.717, 1.165) is 40.3 Å². The Hall–Kier alpha value is -3.09. The molecule has 0 unspecified atom stereocenters. The third kappa shape index (κ3) is 4.05. The average Bonchev–Trinajstić information content (AvgIpc) is 3.83. The molecule has 256 valence electrons. The fourth-order valence-electron chi connectivity index (χ4n) is 12.9. The van der Waals surface area contributed by atoms with E-state index in [1.165, 1.54) is 55.9 Å². The number of aliphatic hydroxyl groups excluding tert-OH is 2. The predicted octanol–water partition coefficient (Wildman–Crippen LogP) is 7.58. The lowest BCUT2D eigenvalue weighted by Gasteiger charge is -2.48. The Morgan fingerprint density at radius 3 is 2.53 bits per heavy atom. The second-order valence-electron chi connectivity index (χ2n) is 17.1.